The minimum Gasteiger partial charge on any atom is -0.465 e. The van der Waals surface area contributed by atoms with E-state index >= 15 is 0 Å². The van der Waals surface area contributed by atoms with Crippen molar-refractivity contribution in [2.75, 3.05) is 13.2 Å². The lowest BCUT2D eigenvalue weighted by atomic mass is 9.99. The van der Waals surface area contributed by atoms with Crippen molar-refractivity contribution in [3.63, 3.8) is 0 Å². The highest BCUT2D eigenvalue weighted by Gasteiger charge is 2.29. The number of rotatable bonds is 5. The van der Waals surface area contributed by atoms with Crippen LogP contribution < -0.4 is 10.6 Å². The molecule has 1 saturated heterocycles. The molecule has 2 unspecified atom stereocenters. The van der Waals surface area contributed by atoms with E-state index in [1.807, 2.05) is 23.1 Å². The van der Waals surface area contributed by atoms with Gasteiger partial charge in [0, 0.05) is 47.6 Å². The molecule has 9 nitrogen and oxygen atoms in total. The summed E-state index contributed by atoms with van der Waals surface area (Å²) in [6.45, 7) is 0.962. The van der Waals surface area contributed by atoms with Gasteiger partial charge in [0.2, 0.25) is 5.91 Å². The highest BCUT2D eigenvalue weighted by atomic mass is 35.5. The Hall–Kier alpha value is -2.75. The van der Waals surface area contributed by atoms with Crippen LogP contribution in [-0.4, -0.2) is 50.6 Å². The van der Waals surface area contributed by atoms with Crippen molar-refractivity contribution in [3.8, 4) is 11.1 Å². The minimum absolute atomic E-state index is 0.0516. The third-order valence-electron chi connectivity index (χ3n) is 6.46. The summed E-state index contributed by atoms with van der Waals surface area (Å²) in [7, 11) is 0. The summed E-state index contributed by atoms with van der Waals surface area (Å²) in [5.41, 5.74) is 3.98. The van der Waals surface area contributed by atoms with Crippen molar-refractivity contribution >= 4 is 46.1 Å². The maximum Gasteiger partial charge on any atom is 0.405 e. The number of carboxylic acid groups (broad SMARTS) is 1. The van der Waals surface area contributed by atoms with Gasteiger partial charge in [-0.2, -0.15) is 5.10 Å². The van der Waals surface area contributed by atoms with Crippen LogP contribution in [0.5, 0.6) is 0 Å². The van der Waals surface area contributed by atoms with E-state index in [0.717, 1.165) is 53.6 Å². The molecule has 0 bridgehead atoms. The van der Waals surface area contributed by atoms with Crippen molar-refractivity contribution < 1.29 is 19.4 Å². The predicted octanol–water partition coefficient (Wildman–Crippen LogP) is 4.21. The first-order valence-electron chi connectivity index (χ1n) is 11.3. The Bertz CT molecular complexity index is 1250. The van der Waals surface area contributed by atoms with Gasteiger partial charge in [-0.15, -0.1) is 0 Å². The Labute approximate surface area is 206 Å². The molecule has 34 heavy (non-hydrogen) atoms. The quantitative estimate of drug-likeness (QED) is 0.480. The van der Waals surface area contributed by atoms with Gasteiger partial charge in [-0.3, -0.25) is 4.79 Å². The van der Waals surface area contributed by atoms with Crippen molar-refractivity contribution in [2.24, 2.45) is 0 Å². The maximum absolute atomic E-state index is 12.2. The van der Waals surface area contributed by atoms with Gasteiger partial charge in [-0.05, 0) is 38.2 Å². The van der Waals surface area contributed by atoms with Crippen LogP contribution in [0.15, 0.2) is 24.5 Å². The van der Waals surface area contributed by atoms with Gasteiger partial charge in [0.25, 0.3) is 0 Å². The van der Waals surface area contributed by atoms with Gasteiger partial charge in [0.05, 0.1) is 28.3 Å². The number of carbonyl (C=O) groups is 2. The summed E-state index contributed by atoms with van der Waals surface area (Å²) >= 11 is 13.0. The number of nitrogens with one attached hydrogen (secondary N) is 2. The van der Waals surface area contributed by atoms with Crippen LogP contribution in [0.25, 0.3) is 22.0 Å². The first-order chi connectivity index (χ1) is 16.4. The number of hydrogen-bond donors (Lipinski definition) is 3. The Morgan fingerprint density at radius 1 is 1.24 bits per heavy atom. The van der Waals surface area contributed by atoms with E-state index < -0.39 is 6.09 Å². The molecule has 2 aliphatic heterocycles. The second kappa shape index (κ2) is 9.48. The summed E-state index contributed by atoms with van der Waals surface area (Å²) in [4.78, 5) is 22.9. The highest BCUT2D eigenvalue weighted by molar-refractivity contribution is 6.45. The zero-order valence-electron chi connectivity index (χ0n) is 18.4. The summed E-state index contributed by atoms with van der Waals surface area (Å²) in [6, 6.07) is 3.61. The first kappa shape index (κ1) is 23.0. The molecule has 2 amide bonds. The van der Waals surface area contributed by atoms with Crippen LogP contribution in [-0.2, 0) is 22.5 Å². The number of halogens is 2. The van der Waals surface area contributed by atoms with E-state index in [9.17, 15) is 9.59 Å². The summed E-state index contributed by atoms with van der Waals surface area (Å²) in [5, 5.41) is 20.2. The lowest BCUT2D eigenvalue weighted by Crippen LogP contribution is -2.45. The lowest BCUT2D eigenvalue weighted by molar-refractivity contribution is -0.121. The lowest BCUT2D eigenvalue weighted by Gasteiger charge is -2.27. The molecule has 2 aromatic heterocycles. The minimum atomic E-state index is -1.23. The van der Waals surface area contributed by atoms with Crippen LogP contribution in [0.3, 0.4) is 0 Å². The van der Waals surface area contributed by atoms with E-state index in [1.54, 1.807) is 6.07 Å². The molecule has 3 aromatic rings. The Morgan fingerprint density at radius 2 is 2.09 bits per heavy atom. The van der Waals surface area contributed by atoms with Gasteiger partial charge >= 0.3 is 6.09 Å². The molecule has 0 radical (unpaired) electrons. The van der Waals surface area contributed by atoms with Gasteiger partial charge in [0.15, 0.2) is 0 Å². The number of nitrogens with zero attached hydrogens (tertiary/aromatic N) is 3. The van der Waals surface area contributed by atoms with Gasteiger partial charge in [0.1, 0.15) is 6.23 Å². The van der Waals surface area contributed by atoms with Gasteiger partial charge in [-0.1, -0.05) is 29.3 Å². The second-order valence-electron chi connectivity index (χ2n) is 8.68. The zero-order chi connectivity index (χ0) is 23.8. The van der Waals surface area contributed by atoms with E-state index in [-0.39, 0.29) is 24.7 Å². The smallest absolute Gasteiger partial charge is 0.405 e. The molecule has 180 valence electrons. The Kier molecular flexibility index (Phi) is 6.42. The van der Waals surface area contributed by atoms with Crippen molar-refractivity contribution in [2.45, 2.75) is 50.9 Å². The molecule has 2 aliphatic rings. The zero-order valence-corrected chi connectivity index (χ0v) is 19.9. The molecule has 5 rings (SSSR count). The molecule has 1 fully saturated rings. The molecule has 11 heteroatoms. The number of ether oxygens (including phenoxy) is 1. The maximum atomic E-state index is 12.2. The third-order valence-corrected chi connectivity index (χ3v) is 7.26. The molecule has 0 aliphatic carbocycles. The average Bonchev–Trinajstić information content (AvgIpc) is 3.43. The SMILES string of the molecule is O=C(O)NCC(=O)NC1CCc2c(-c3cnn(C4CCCCO4)c3)c3ccc(Cl)c(Cl)c3n2C1. The molecule has 4 heterocycles. The van der Waals surface area contributed by atoms with Crippen molar-refractivity contribution in [3.05, 3.63) is 40.3 Å². The van der Waals surface area contributed by atoms with Crippen molar-refractivity contribution in [1.29, 1.82) is 0 Å². The molecule has 0 saturated carbocycles. The fourth-order valence-corrected chi connectivity index (χ4v) is 5.37. The van der Waals surface area contributed by atoms with Crippen LogP contribution >= 0.6 is 23.2 Å². The van der Waals surface area contributed by atoms with Crippen LogP contribution in [0.2, 0.25) is 10.0 Å². The summed E-state index contributed by atoms with van der Waals surface area (Å²) in [5.74, 6) is -0.370. The normalized spacial score (nSPS) is 20.2. The monoisotopic (exact) mass is 505 g/mol. The molecule has 2 atom stereocenters. The Balaban J connectivity index is 1.49. The number of aromatic nitrogens is 3. The number of carbonyl (C=O) groups excluding carboxylic acids is 1. The fraction of sp³-hybridized carbons (Fsp3) is 0.435. The predicted molar refractivity (Wildman–Crippen MR) is 128 cm³/mol. The van der Waals surface area contributed by atoms with E-state index in [2.05, 4.69) is 20.3 Å². The third kappa shape index (κ3) is 4.35. The summed E-state index contributed by atoms with van der Waals surface area (Å²) in [6.07, 6.45) is 7.16. The average molecular weight is 506 g/mol. The largest absolute Gasteiger partial charge is 0.465 e. The topological polar surface area (TPSA) is 110 Å². The van der Waals surface area contributed by atoms with E-state index in [4.69, 9.17) is 33.0 Å². The fourth-order valence-electron chi connectivity index (χ4n) is 4.95. The van der Waals surface area contributed by atoms with Crippen LogP contribution in [0.1, 0.15) is 37.6 Å². The standard InChI is InChI=1S/C23H25Cl2N5O4/c24-16-6-5-15-20(13-9-27-30(11-13)19-3-1-2-8-34-19)17-7-4-14(12-29(17)22(15)21(16)25)28-18(31)10-26-23(32)33/h5-6,9,11,14,19,26H,1-4,7-8,10,12H2,(H,28,31)(H,32,33). The molecular weight excluding hydrogens is 481 g/mol. The molecule has 3 N–H and O–H groups in total. The number of benzene rings is 1. The van der Waals surface area contributed by atoms with Gasteiger partial charge in [-0.25, -0.2) is 9.48 Å². The highest BCUT2D eigenvalue weighted by Crippen LogP contribution is 2.43. The molecule has 0 spiro atoms. The van der Waals surface area contributed by atoms with Crippen LogP contribution in [0, 0.1) is 0 Å². The Morgan fingerprint density at radius 3 is 2.85 bits per heavy atom. The van der Waals surface area contributed by atoms with Gasteiger partial charge < -0.3 is 25.0 Å². The first-order valence-corrected chi connectivity index (χ1v) is 12.1. The van der Waals surface area contributed by atoms with E-state index in [0.29, 0.717) is 29.4 Å². The van der Waals surface area contributed by atoms with Crippen molar-refractivity contribution in [1.82, 2.24) is 25.0 Å². The second-order valence-corrected chi connectivity index (χ2v) is 9.47. The number of fused-ring (bicyclic) bond motifs is 3. The molecule has 1 aromatic carbocycles. The van der Waals surface area contributed by atoms with E-state index in [1.165, 1.54) is 0 Å². The van der Waals surface area contributed by atoms with Crippen LogP contribution in [0.4, 0.5) is 4.79 Å². The summed E-state index contributed by atoms with van der Waals surface area (Å²) < 4.78 is 9.90. The molecular formula is C23H25Cl2N5O4. The number of amides is 2. The number of hydrogen-bond acceptors (Lipinski definition) is 4.